The van der Waals surface area contributed by atoms with E-state index in [1.165, 1.54) is 18.2 Å². The first-order valence-electron chi connectivity index (χ1n) is 7.05. The van der Waals surface area contributed by atoms with Crippen LogP contribution in [-0.4, -0.2) is 25.0 Å². The largest absolute Gasteiger partial charge is 0.534 e. The second kappa shape index (κ2) is 6.12. The average molecular weight is 364 g/mol. The number of carbonyl (C=O) groups is 1. The maximum absolute atomic E-state index is 12.7. The van der Waals surface area contributed by atoms with Crippen molar-refractivity contribution in [3.63, 3.8) is 0 Å². The van der Waals surface area contributed by atoms with Crippen LogP contribution in [0.25, 0.3) is 0 Å². The van der Waals surface area contributed by atoms with Crippen LogP contribution < -0.4 is 4.18 Å². The van der Waals surface area contributed by atoms with Crippen molar-refractivity contribution in [1.29, 1.82) is 0 Å². The number of alkyl halides is 3. The molecule has 24 heavy (non-hydrogen) atoms. The summed E-state index contributed by atoms with van der Waals surface area (Å²) < 4.78 is 65.0. The number of aromatic carboxylic acids is 1. The summed E-state index contributed by atoms with van der Waals surface area (Å²) in [7, 11) is -5.99. The van der Waals surface area contributed by atoms with Gasteiger partial charge in [-0.25, -0.2) is 4.79 Å². The first-order chi connectivity index (χ1) is 11.0. The molecule has 0 aliphatic heterocycles. The smallest absolute Gasteiger partial charge is 0.478 e. The van der Waals surface area contributed by atoms with Crippen molar-refractivity contribution < 1.29 is 35.7 Å². The fraction of sp³-hybridized carbons (Fsp3) is 0.400. The Morgan fingerprint density at radius 1 is 1.29 bits per heavy atom. The van der Waals surface area contributed by atoms with Gasteiger partial charge in [-0.15, -0.1) is 6.58 Å². The summed E-state index contributed by atoms with van der Waals surface area (Å²) in [6, 6.07) is 3.72. The zero-order chi connectivity index (χ0) is 18.2. The summed E-state index contributed by atoms with van der Waals surface area (Å²) in [6.07, 6.45) is 4.06. The molecule has 0 spiro atoms. The molecule has 1 aromatic rings. The molecule has 1 aliphatic rings. The van der Waals surface area contributed by atoms with Gasteiger partial charge < -0.3 is 9.29 Å². The maximum Gasteiger partial charge on any atom is 0.534 e. The standard InChI is InChI=1S/C15H15F3O5S/c1-2-14(8-3-4-9-14)11-7-5-6-10(13(19)20)12(11)23-24(21,22)15(16,17)18/h2,5-7H,1,3-4,8-9H2,(H,19,20). The normalized spacial score (nSPS) is 17.5. The number of halogens is 3. The Balaban J connectivity index is 2.68. The van der Waals surface area contributed by atoms with Gasteiger partial charge in [0.1, 0.15) is 5.56 Å². The van der Waals surface area contributed by atoms with Crippen molar-refractivity contribution >= 4 is 16.1 Å². The van der Waals surface area contributed by atoms with Crippen molar-refractivity contribution in [3.05, 3.63) is 42.0 Å². The lowest BCUT2D eigenvalue weighted by atomic mass is 9.78. The topological polar surface area (TPSA) is 80.7 Å². The average Bonchev–Trinajstić information content (AvgIpc) is 2.95. The quantitative estimate of drug-likeness (QED) is 0.490. The van der Waals surface area contributed by atoms with Gasteiger partial charge in [-0.2, -0.15) is 21.6 Å². The molecule has 2 rings (SSSR count). The van der Waals surface area contributed by atoms with E-state index >= 15 is 0 Å². The lowest BCUT2D eigenvalue weighted by molar-refractivity contribution is -0.0501. The van der Waals surface area contributed by atoms with Crippen LogP contribution in [0.15, 0.2) is 30.9 Å². The van der Waals surface area contributed by atoms with Gasteiger partial charge >= 0.3 is 21.6 Å². The van der Waals surface area contributed by atoms with Crippen molar-refractivity contribution in [2.24, 2.45) is 0 Å². The minimum absolute atomic E-state index is 0.0859. The van der Waals surface area contributed by atoms with Crippen LogP contribution >= 0.6 is 0 Å². The van der Waals surface area contributed by atoms with Gasteiger partial charge in [0.25, 0.3) is 0 Å². The Morgan fingerprint density at radius 2 is 1.88 bits per heavy atom. The summed E-state index contributed by atoms with van der Waals surface area (Å²) in [4.78, 5) is 11.3. The van der Waals surface area contributed by atoms with E-state index in [9.17, 15) is 31.5 Å². The lowest BCUT2D eigenvalue weighted by Gasteiger charge is -2.28. The molecule has 0 unspecified atom stereocenters. The number of hydrogen-bond donors (Lipinski definition) is 1. The Kier molecular flexibility index (Phi) is 4.67. The van der Waals surface area contributed by atoms with Crippen LogP contribution in [0.2, 0.25) is 0 Å². The molecule has 0 radical (unpaired) electrons. The monoisotopic (exact) mass is 364 g/mol. The van der Waals surface area contributed by atoms with Crippen LogP contribution in [0.5, 0.6) is 5.75 Å². The molecule has 0 bridgehead atoms. The third-order valence-electron chi connectivity index (χ3n) is 4.14. The van der Waals surface area contributed by atoms with Crippen molar-refractivity contribution in [2.75, 3.05) is 0 Å². The molecule has 1 saturated carbocycles. The number of allylic oxidation sites excluding steroid dienone is 1. The predicted octanol–water partition coefficient (Wildman–Crippen LogP) is 3.61. The first kappa shape index (κ1) is 18.3. The molecule has 0 heterocycles. The number of rotatable bonds is 5. The van der Waals surface area contributed by atoms with E-state index in [-0.39, 0.29) is 5.56 Å². The fourth-order valence-electron chi connectivity index (χ4n) is 2.93. The SMILES string of the molecule is C=CC1(c2cccc(C(=O)O)c2OS(=O)(=O)C(F)(F)F)CCCC1. The van der Waals surface area contributed by atoms with Gasteiger partial charge in [0.05, 0.1) is 0 Å². The van der Waals surface area contributed by atoms with Crippen molar-refractivity contribution in [3.8, 4) is 5.75 Å². The molecule has 1 aromatic carbocycles. The molecular formula is C15H15F3O5S. The molecule has 1 aliphatic carbocycles. The van der Waals surface area contributed by atoms with Crippen LogP contribution in [-0.2, 0) is 15.5 Å². The maximum atomic E-state index is 12.7. The highest BCUT2D eigenvalue weighted by molar-refractivity contribution is 7.88. The van der Waals surface area contributed by atoms with E-state index < -0.39 is 38.3 Å². The summed E-state index contributed by atoms with van der Waals surface area (Å²) in [6.45, 7) is 3.68. The van der Waals surface area contributed by atoms with Crippen molar-refractivity contribution in [2.45, 2.75) is 36.6 Å². The van der Waals surface area contributed by atoms with E-state index in [0.29, 0.717) is 12.8 Å². The zero-order valence-electron chi connectivity index (χ0n) is 12.5. The number of hydrogen-bond acceptors (Lipinski definition) is 4. The van der Waals surface area contributed by atoms with Gasteiger partial charge in [0.15, 0.2) is 5.75 Å². The summed E-state index contributed by atoms with van der Waals surface area (Å²) in [5.41, 5.74) is -7.04. The molecule has 0 atom stereocenters. The summed E-state index contributed by atoms with van der Waals surface area (Å²) >= 11 is 0. The van der Waals surface area contributed by atoms with Crippen LogP contribution in [0.1, 0.15) is 41.6 Å². The third kappa shape index (κ3) is 3.12. The van der Waals surface area contributed by atoms with Gasteiger partial charge in [-0.05, 0) is 18.9 Å². The highest BCUT2D eigenvalue weighted by Gasteiger charge is 2.50. The minimum atomic E-state index is -5.99. The van der Waals surface area contributed by atoms with Crippen LogP contribution in [0.4, 0.5) is 13.2 Å². The minimum Gasteiger partial charge on any atom is -0.478 e. The van der Waals surface area contributed by atoms with E-state index in [1.807, 2.05) is 0 Å². The molecular weight excluding hydrogens is 349 g/mol. The molecule has 1 fully saturated rings. The van der Waals surface area contributed by atoms with Gasteiger partial charge in [-0.3, -0.25) is 0 Å². The Hall–Kier alpha value is -2.03. The molecule has 0 amide bonds. The number of para-hydroxylation sites is 1. The van der Waals surface area contributed by atoms with E-state index in [4.69, 9.17) is 0 Å². The van der Waals surface area contributed by atoms with Crippen LogP contribution in [0.3, 0.4) is 0 Å². The third-order valence-corrected chi connectivity index (χ3v) is 5.10. The molecule has 132 valence electrons. The van der Waals surface area contributed by atoms with Crippen LogP contribution in [0, 0.1) is 0 Å². The molecule has 0 aromatic heterocycles. The lowest BCUT2D eigenvalue weighted by Crippen LogP contribution is -2.30. The Bertz CT molecular complexity index is 762. The zero-order valence-corrected chi connectivity index (χ0v) is 13.3. The fourth-order valence-corrected chi connectivity index (χ4v) is 3.43. The predicted molar refractivity (Wildman–Crippen MR) is 79.3 cm³/mol. The van der Waals surface area contributed by atoms with E-state index in [2.05, 4.69) is 10.8 Å². The number of benzene rings is 1. The van der Waals surface area contributed by atoms with Gasteiger partial charge in [0.2, 0.25) is 0 Å². The van der Waals surface area contributed by atoms with Gasteiger partial charge in [0, 0.05) is 11.0 Å². The first-order valence-corrected chi connectivity index (χ1v) is 8.46. The summed E-state index contributed by atoms with van der Waals surface area (Å²) in [5.74, 6) is -2.38. The highest BCUT2D eigenvalue weighted by atomic mass is 32.2. The molecule has 5 nitrogen and oxygen atoms in total. The summed E-state index contributed by atoms with van der Waals surface area (Å²) in [5, 5.41) is 9.21. The second-order valence-corrected chi connectivity index (χ2v) is 7.08. The Labute approximate surface area is 136 Å². The number of carboxylic acid groups (broad SMARTS) is 1. The van der Waals surface area contributed by atoms with E-state index in [0.717, 1.165) is 18.9 Å². The van der Waals surface area contributed by atoms with Crippen molar-refractivity contribution in [1.82, 2.24) is 0 Å². The van der Waals surface area contributed by atoms with E-state index in [1.54, 1.807) is 0 Å². The molecule has 9 heteroatoms. The molecule has 1 N–H and O–H groups in total. The number of carboxylic acids is 1. The molecule has 0 saturated heterocycles. The Morgan fingerprint density at radius 3 is 2.33 bits per heavy atom. The van der Waals surface area contributed by atoms with Gasteiger partial charge in [-0.1, -0.05) is 31.1 Å². The highest BCUT2D eigenvalue weighted by Crippen LogP contribution is 2.47. The second-order valence-electron chi connectivity index (χ2n) is 5.54.